The number of carbonyl (C=O) groups excluding carboxylic acids is 1. The first-order valence-corrected chi connectivity index (χ1v) is 5.93. The van der Waals surface area contributed by atoms with Crippen LogP contribution in [0.25, 0.3) is 0 Å². The van der Waals surface area contributed by atoms with Gasteiger partial charge >= 0.3 is 0 Å². The molecule has 1 fully saturated rings. The lowest BCUT2D eigenvalue weighted by atomic mass is 9.75. The molecule has 0 aliphatic heterocycles. The molecule has 0 spiro atoms. The molecule has 0 saturated heterocycles. The predicted molar refractivity (Wildman–Crippen MR) is 62.4 cm³/mol. The molecule has 1 atom stereocenters. The average molecular weight is 212 g/mol. The van der Waals surface area contributed by atoms with E-state index < -0.39 is 0 Å². The number of primary amides is 1. The van der Waals surface area contributed by atoms with E-state index >= 15 is 0 Å². The monoisotopic (exact) mass is 212 g/mol. The van der Waals surface area contributed by atoms with Crippen LogP contribution in [0.3, 0.4) is 0 Å². The molecule has 0 radical (unpaired) electrons. The van der Waals surface area contributed by atoms with E-state index in [-0.39, 0.29) is 11.8 Å². The SMILES string of the molecule is CC(CNC1CCC(C)(C)CC1)C(N)=O. The van der Waals surface area contributed by atoms with E-state index in [4.69, 9.17) is 5.73 Å². The summed E-state index contributed by atoms with van der Waals surface area (Å²) >= 11 is 0. The van der Waals surface area contributed by atoms with Crippen LogP contribution in [0.2, 0.25) is 0 Å². The third kappa shape index (κ3) is 4.20. The lowest BCUT2D eigenvalue weighted by molar-refractivity contribution is -0.121. The zero-order chi connectivity index (χ0) is 11.5. The molecule has 3 N–H and O–H groups in total. The molecule has 0 aromatic carbocycles. The van der Waals surface area contributed by atoms with Crippen LogP contribution in [0, 0.1) is 11.3 Å². The Morgan fingerprint density at radius 3 is 2.47 bits per heavy atom. The minimum atomic E-state index is -0.210. The maximum absolute atomic E-state index is 10.9. The van der Waals surface area contributed by atoms with Crippen LogP contribution in [-0.2, 0) is 4.79 Å². The summed E-state index contributed by atoms with van der Waals surface area (Å²) in [6.07, 6.45) is 4.99. The van der Waals surface area contributed by atoms with E-state index in [0.29, 0.717) is 11.5 Å². The Labute approximate surface area is 92.8 Å². The Morgan fingerprint density at radius 1 is 1.47 bits per heavy atom. The molecule has 3 heteroatoms. The Morgan fingerprint density at radius 2 is 2.00 bits per heavy atom. The third-order valence-electron chi connectivity index (χ3n) is 3.54. The van der Waals surface area contributed by atoms with Crippen LogP contribution in [0.4, 0.5) is 0 Å². The molecule has 1 rings (SSSR count). The minimum absolute atomic E-state index is 0.0556. The zero-order valence-electron chi connectivity index (χ0n) is 10.2. The summed E-state index contributed by atoms with van der Waals surface area (Å²) in [5.74, 6) is -0.265. The highest BCUT2D eigenvalue weighted by atomic mass is 16.1. The van der Waals surface area contributed by atoms with E-state index in [1.807, 2.05) is 6.92 Å². The number of nitrogens with two attached hydrogens (primary N) is 1. The van der Waals surface area contributed by atoms with Crippen molar-refractivity contribution in [3.8, 4) is 0 Å². The van der Waals surface area contributed by atoms with Crippen LogP contribution in [0.15, 0.2) is 0 Å². The van der Waals surface area contributed by atoms with Gasteiger partial charge in [0.1, 0.15) is 0 Å². The van der Waals surface area contributed by atoms with Crippen molar-refractivity contribution in [2.45, 2.75) is 52.5 Å². The van der Waals surface area contributed by atoms with Gasteiger partial charge in [-0.15, -0.1) is 0 Å². The summed E-state index contributed by atoms with van der Waals surface area (Å²) in [4.78, 5) is 10.9. The lowest BCUT2D eigenvalue weighted by Crippen LogP contribution is -2.40. The van der Waals surface area contributed by atoms with Gasteiger partial charge in [0.2, 0.25) is 5.91 Å². The Kier molecular flexibility index (Phi) is 4.14. The van der Waals surface area contributed by atoms with Gasteiger partial charge in [0.15, 0.2) is 0 Å². The maximum atomic E-state index is 10.9. The number of hydrogen-bond acceptors (Lipinski definition) is 2. The molecule has 1 unspecified atom stereocenters. The Balaban J connectivity index is 2.22. The number of hydrogen-bond donors (Lipinski definition) is 2. The number of nitrogens with one attached hydrogen (secondary N) is 1. The van der Waals surface area contributed by atoms with E-state index in [0.717, 1.165) is 6.54 Å². The van der Waals surface area contributed by atoms with E-state index in [2.05, 4.69) is 19.2 Å². The van der Waals surface area contributed by atoms with Gasteiger partial charge in [-0.2, -0.15) is 0 Å². The van der Waals surface area contributed by atoms with Crippen LogP contribution in [0.1, 0.15) is 46.5 Å². The van der Waals surface area contributed by atoms with Gasteiger partial charge in [-0.3, -0.25) is 4.79 Å². The average Bonchev–Trinajstić information content (AvgIpc) is 2.15. The summed E-state index contributed by atoms with van der Waals surface area (Å²) in [6.45, 7) is 7.26. The molecule has 1 aliphatic rings. The fourth-order valence-electron chi connectivity index (χ4n) is 2.05. The van der Waals surface area contributed by atoms with Crippen LogP contribution in [0.5, 0.6) is 0 Å². The quantitative estimate of drug-likeness (QED) is 0.744. The molecular formula is C12H24N2O. The standard InChI is InChI=1S/C12H24N2O/c1-9(11(13)15)8-14-10-4-6-12(2,3)7-5-10/h9-10,14H,4-8H2,1-3H3,(H2,13,15). The second-order valence-electron chi connectivity index (χ2n) is 5.65. The van der Waals surface area contributed by atoms with Gasteiger partial charge in [0.05, 0.1) is 0 Å². The zero-order valence-corrected chi connectivity index (χ0v) is 10.2. The normalized spacial score (nSPS) is 23.7. The summed E-state index contributed by atoms with van der Waals surface area (Å²) in [6, 6.07) is 0.583. The van der Waals surface area contributed by atoms with Gasteiger partial charge in [0.25, 0.3) is 0 Å². The number of carbonyl (C=O) groups is 1. The second kappa shape index (κ2) is 4.97. The molecule has 88 valence electrons. The molecule has 0 aromatic rings. The molecule has 0 bridgehead atoms. The van der Waals surface area contributed by atoms with Gasteiger partial charge in [-0.1, -0.05) is 20.8 Å². The molecule has 3 nitrogen and oxygen atoms in total. The van der Waals surface area contributed by atoms with Crippen molar-refractivity contribution < 1.29 is 4.79 Å². The van der Waals surface area contributed by atoms with Crippen molar-refractivity contribution in [3.63, 3.8) is 0 Å². The smallest absolute Gasteiger partial charge is 0.221 e. The summed E-state index contributed by atoms with van der Waals surface area (Å²) < 4.78 is 0. The minimum Gasteiger partial charge on any atom is -0.369 e. The lowest BCUT2D eigenvalue weighted by Gasteiger charge is -2.35. The first kappa shape index (κ1) is 12.5. The molecular weight excluding hydrogens is 188 g/mol. The third-order valence-corrected chi connectivity index (χ3v) is 3.54. The maximum Gasteiger partial charge on any atom is 0.221 e. The Hall–Kier alpha value is -0.570. The number of rotatable bonds is 4. The van der Waals surface area contributed by atoms with Crippen LogP contribution >= 0.6 is 0 Å². The highest BCUT2D eigenvalue weighted by Gasteiger charge is 2.26. The van der Waals surface area contributed by atoms with Gasteiger partial charge in [-0.05, 0) is 31.1 Å². The van der Waals surface area contributed by atoms with E-state index in [1.54, 1.807) is 0 Å². The van der Waals surface area contributed by atoms with Crippen molar-refractivity contribution in [2.75, 3.05) is 6.54 Å². The van der Waals surface area contributed by atoms with Crippen molar-refractivity contribution in [1.82, 2.24) is 5.32 Å². The summed E-state index contributed by atoms with van der Waals surface area (Å²) in [5, 5.41) is 3.44. The molecule has 15 heavy (non-hydrogen) atoms. The van der Waals surface area contributed by atoms with Gasteiger partial charge in [-0.25, -0.2) is 0 Å². The summed E-state index contributed by atoms with van der Waals surface area (Å²) in [5.41, 5.74) is 5.72. The van der Waals surface area contributed by atoms with Crippen molar-refractivity contribution in [1.29, 1.82) is 0 Å². The molecule has 0 heterocycles. The molecule has 1 saturated carbocycles. The first-order valence-electron chi connectivity index (χ1n) is 5.93. The van der Waals surface area contributed by atoms with Gasteiger partial charge in [0, 0.05) is 18.5 Å². The van der Waals surface area contributed by atoms with E-state index in [1.165, 1.54) is 25.7 Å². The van der Waals surface area contributed by atoms with Crippen molar-refractivity contribution >= 4 is 5.91 Å². The highest BCUT2D eigenvalue weighted by Crippen LogP contribution is 2.34. The largest absolute Gasteiger partial charge is 0.369 e. The van der Waals surface area contributed by atoms with Crippen LogP contribution in [-0.4, -0.2) is 18.5 Å². The van der Waals surface area contributed by atoms with E-state index in [9.17, 15) is 4.79 Å². The van der Waals surface area contributed by atoms with Crippen LogP contribution < -0.4 is 11.1 Å². The van der Waals surface area contributed by atoms with Gasteiger partial charge < -0.3 is 11.1 Å². The fourth-order valence-corrected chi connectivity index (χ4v) is 2.05. The molecule has 0 aromatic heterocycles. The number of amides is 1. The topological polar surface area (TPSA) is 55.1 Å². The second-order valence-corrected chi connectivity index (χ2v) is 5.65. The predicted octanol–water partition coefficient (Wildman–Crippen LogP) is 1.67. The van der Waals surface area contributed by atoms with Crippen molar-refractivity contribution in [3.05, 3.63) is 0 Å². The molecule has 1 amide bonds. The molecule has 1 aliphatic carbocycles. The Bertz CT molecular complexity index is 216. The highest BCUT2D eigenvalue weighted by molar-refractivity contribution is 5.76. The van der Waals surface area contributed by atoms with Crippen molar-refractivity contribution in [2.24, 2.45) is 17.1 Å². The first-order chi connectivity index (χ1) is 6.91. The summed E-state index contributed by atoms with van der Waals surface area (Å²) in [7, 11) is 0. The fraction of sp³-hybridized carbons (Fsp3) is 0.917.